The van der Waals surface area contributed by atoms with Crippen LogP contribution in [0.3, 0.4) is 0 Å². The van der Waals surface area contributed by atoms with Crippen LogP contribution in [0.2, 0.25) is 0 Å². The fourth-order valence-electron chi connectivity index (χ4n) is 3.32. The molecular formula is C20H22N4OS. The molecule has 0 atom stereocenters. The van der Waals surface area contributed by atoms with Crippen LogP contribution in [-0.4, -0.2) is 26.0 Å². The summed E-state index contributed by atoms with van der Waals surface area (Å²) < 4.78 is 1.75. The lowest BCUT2D eigenvalue weighted by Crippen LogP contribution is -2.06. The van der Waals surface area contributed by atoms with E-state index in [9.17, 15) is 4.79 Å². The number of benzene rings is 2. The number of aromatic nitrogens is 4. The highest BCUT2D eigenvalue weighted by molar-refractivity contribution is 7.98. The monoisotopic (exact) mass is 366 g/mol. The maximum atomic E-state index is 12.0. The normalized spacial score (nSPS) is 11.0. The van der Waals surface area contributed by atoms with Gasteiger partial charge in [0.2, 0.25) is 5.16 Å². The lowest BCUT2D eigenvalue weighted by molar-refractivity contribution is 0.101. The molecule has 6 heteroatoms. The fourth-order valence-corrected chi connectivity index (χ4v) is 4.39. The predicted octanol–water partition coefficient (Wildman–Crippen LogP) is 4.39. The zero-order valence-corrected chi connectivity index (χ0v) is 16.5. The Morgan fingerprint density at radius 3 is 2.58 bits per heavy atom. The fraction of sp³-hybridized carbons (Fsp3) is 0.300. The summed E-state index contributed by atoms with van der Waals surface area (Å²) in [4.78, 5) is 12.0. The molecule has 0 saturated heterocycles. The summed E-state index contributed by atoms with van der Waals surface area (Å²) in [6.45, 7) is 9.77. The molecule has 0 radical (unpaired) electrons. The molecule has 1 aromatic heterocycles. The van der Waals surface area contributed by atoms with E-state index in [-0.39, 0.29) is 5.78 Å². The molecule has 0 N–H and O–H groups in total. The van der Waals surface area contributed by atoms with Crippen molar-refractivity contribution in [2.24, 2.45) is 0 Å². The van der Waals surface area contributed by atoms with E-state index in [1.807, 2.05) is 39.0 Å². The molecule has 2 aromatic carbocycles. The Morgan fingerprint density at radius 2 is 1.88 bits per heavy atom. The molecule has 0 aliphatic rings. The van der Waals surface area contributed by atoms with Gasteiger partial charge in [-0.3, -0.25) is 4.79 Å². The van der Waals surface area contributed by atoms with Crippen molar-refractivity contribution >= 4 is 17.5 Å². The predicted molar refractivity (Wildman–Crippen MR) is 104 cm³/mol. The number of hydrogen-bond donors (Lipinski definition) is 0. The maximum Gasteiger partial charge on any atom is 0.214 e. The molecule has 3 rings (SSSR count). The van der Waals surface area contributed by atoms with Gasteiger partial charge in [-0.2, -0.15) is 4.68 Å². The summed E-state index contributed by atoms with van der Waals surface area (Å²) in [6, 6.07) is 10.2. The third-order valence-corrected chi connectivity index (χ3v) is 5.46. The van der Waals surface area contributed by atoms with E-state index in [1.165, 1.54) is 11.1 Å². The first-order valence-electron chi connectivity index (χ1n) is 8.47. The summed E-state index contributed by atoms with van der Waals surface area (Å²) in [5.41, 5.74) is 7.37. The highest BCUT2D eigenvalue weighted by Gasteiger charge is 2.16. The van der Waals surface area contributed by atoms with Gasteiger partial charge in [-0.1, -0.05) is 30.0 Å². The van der Waals surface area contributed by atoms with E-state index in [1.54, 1.807) is 23.4 Å². The smallest absolute Gasteiger partial charge is 0.214 e. The third-order valence-electron chi connectivity index (χ3n) is 4.52. The van der Waals surface area contributed by atoms with Crippen molar-refractivity contribution in [3.63, 3.8) is 0 Å². The van der Waals surface area contributed by atoms with E-state index in [2.05, 4.69) is 34.6 Å². The number of rotatable bonds is 5. The van der Waals surface area contributed by atoms with Crippen LogP contribution in [0.4, 0.5) is 0 Å². The lowest BCUT2D eigenvalue weighted by Gasteiger charge is -2.15. The van der Waals surface area contributed by atoms with Crippen LogP contribution in [0.25, 0.3) is 5.69 Å². The van der Waals surface area contributed by atoms with Gasteiger partial charge < -0.3 is 0 Å². The minimum Gasteiger partial charge on any atom is -0.294 e. The van der Waals surface area contributed by atoms with Gasteiger partial charge in [0, 0.05) is 11.3 Å². The third kappa shape index (κ3) is 3.55. The number of thioether (sulfide) groups is 1. The van der Waals surface area contributed by atoms with Crippen molar-refractivity contribution < 1.29 is 4.79 Å². The van der Waals surface area contributed by atoms with E-state index >= 15 is 0 Å². The molecule has 0 aliphatic heterocycles. The Balaban J connectivity index is 1.91. The Labute approximate surface area is 157 Å². The standard InChI is InChI=1S/C20H22N4OS/c1-12-7-6-8-17(9-12)24-20(21-22-23-24)26-11-18-13(2)10-14(3)19(15(18)4)16(5)25/h6-10H,11H2,1-5H3. The quantitative estimate of drug-likeness (QED) is 0.495. The molecule has 0 aliphatic carbocycles. The van der Waals surface area contributed by atoms with Crippen LogP contribution < -0.4 is 0 Å². The van der Waals surface area contributed by atoms with Crippen LogP contribution >= 0.6 is 11.8 Å². The summed E-state index contributed by atoms with van der Waals surface area (Å²) in [6.07, 6.45) is 0. The number of ketones is 1. The van der Waals surface area contributed by atoms with E-state index in [0.29, 0.717) is 5.75 Å². The largest absolute Gasteiger partial charge is 0.294 e. The average Bonchev–Trinajstić information content (AvgIpc) is 3.02. The molecule has 1 heterocycles. The van der Waals surface area contributed by atoms with Gasteiger partial charge in [-0.25, -0.2) is 0 Å². The van der Waals surface area contributed by atoms with Crippen molar-refractivity contribution in [1.82, 2.24) is 20.2 Å². The molecule has 0 bridgehead atoms. The zero-order valence-electron chi connectivity index (χ0n) is 15.7. The topological polar surface area (TPSA) is 60.7 Å². The van der Waals surface area contributed by atoms with Gasteiger partial charge in [-0.05, 0) is 85.0 Å². The highest BCUT2D eigenvalue weighted by atomic mass is 32.2. The number of nitrogens with zero attached hydrogens (tertiary/aromatic N) is 4. The number of Topliss-reactive ketones (excluding diaryl/α,β-unsaturated/α-hetero) is 1. The van der Waals surface area contributed by atoms with Gasteiger partial charge >= 0.3 is 0 Å². The summed E-state index contributed by atoms with van der Waals surface area (Å²) in [7, 11) is 0. The first-order chi connectivity index (χ1) is 12.4. The molecule has 3 aromatic rings. The van der Waals surface area contributed by atoms with Crippen molar-refractivity contribution in [3.8, 4) is 5.69 Å². The van der Waals surface area contributed by atoms with Gasteiger partial charge in [0.1, 0.15) is 0 Å². The van der Waals surface area contributed by atoms with Crippen molar-refractivity contribution in [3.05, 3.63) is 63.7 Å². The van der Waals surface area contributed by atoms with E-state index in [0.717, 1.165) is 33.1 Å². The molecule has 5 nitrogen and oxygen atoms in total. The number of carbonyl (C=O) groups excluding carboxylic acids is 1. The summed E-state index contributed by atoms with van der Waals surface area (Å²) in [5, 5.41) is 12.9. The van der Waals surface area contributed by atoms with Gasteiger partial charge in [0.25, 0.3) is 0 Å². The summed E-state index contributed by atoms with van der Waals surface area (Å²) in [5.74, 6) is 0.820. The Hall–Kier alpha value is -2.47. The Morgan fingerprint density at radius 1 is 1.12 bits per heavy atom. The number of aryl methyl sites for hydroxylation is 3. The second-order valence-electron chi connectivity index (χ2n) is 6.55. The minimum atomic E-state index is 0.107. The molecule has 134 valence electrons. The molecule has 26 heavy (non-hydrogen) atoms. The number of tetrazole rings is 1. The lowest BCUT2D eigenvalue weighted by atomic mass is 9.92. The SMILES string of the molecule is CC(=O)c1c(C)cc(C)c(CSc2nnnn2-c2cccc(C)c2)c1C. The van der Waals surface area contributed by atoms with E-state index in [4.69, 9.17) is 0 Å². The Kier molecular flexibility index (Phi) is 5.23. The molecule has 0 unspecified atom stereocenters. The van der Waals surface area contributed by atoms with Crippen LogP contribution in [-0.2, 0) is 5.75 Å². The second kappa shape index (κ2) is 7.41. The van der Waals surface area contributed by atoms with Crippen LogP contribution in [0.5, 0.6) is 0 Å². The summed E-state index contributed by atoms with van der Waals surface area (Å²) >= 11 is 1.58. The van der Waals surface area contributed by atoms with Crippen molar-refractivity contribution in [2.45, 2.75) is 45.5 Å². The molecule has 0 fully saturated rings. The van der Waals surface area contributed by atoms with E-state index < -0.39 is 0 Å². The minimum absolute atomic E-state index is 0.107. The number of hydrogen-bond acceptors (Lipinski definition) is 5. The van der Waals surface area contributed by atoms with Crippen LogP contribution in [0, 0.1) is 27.7 Å². The first-order valence-corrected chi connectivity index (χ1v) is 9.46. The molecule has 0 saturated carbocycles. The maximum absolute atomic E-state index is 12.0. The van der Waals surface area contributed by atoms with Crippen molar-refractivity contribution in [1.29, 1.82) is 0 Å². The van der Waals surface area contributed by atoms with Crippen LogP contribution in [0.1, 0.15) is 45.1 Å². The van der Waals surface area contributed by atoms with Gasteiger partial charge in [0.05, 0.1) is 5.69 Å². The van der Waals surface area contributed by atoms with Crippen LogP contribution in [0.15, 0.2) is 35.5 Å². The van der Waals surface area contributed by atoms with Crippen molar-refractivity contribution in [2.75, 3.05) is 0 Å². The number of carbonyl (C=O) groups is 1. The Bertz CT molecular complexity index is 978. The highest BCUT2D eigenvalue weighted by Crippen LogP contribution is 2.29. The second-order valence-corrected chi connectivity index (χ2v) is 7.49. The first kappa shape index (κ1) is 18.3. The molecular weight excluding hydrogens is 344 g/mol. The van der Waals surface area contributed by atoms with Gasteiger partial charge in [-0.15, -0.1) is 5.10 Å². The van der Waals surface area contributed by atoms with Gasteiger partial charge in [0.15, 0.2) is 5.78 Å². The molecule has 0 spiro atoms. The average molecular weight is 366 g/mol. The molecule has 0 amide bonds. The zero-order chi connectivity index (χ0) is 18.8.